The second kappa shape index (κ2) is 7.32. The molecule has 0 amide bonds. The molecule has 26 heavy (non-hydrogen) atoms. The molecule has 1 aliphatic heterocycles. The molecule has 2 N–H and O–H groups in total. The summed E-state index contributed by atoms with van der Waals surface area (Å²) in [5.41, 5.74) is 5.94. The Morgan fingerprint density at radius 3 is 2.23 bits per heavy atom. The fraction of sp³-hybridized carbons (Fsp3) is 0.217. The van der Waals surface area contributed by atoms with E-state index in [9.17, 15) is 10.2 Å². The monoisotopic (exact) mass is 345 g/mol. The van der Waals surface area contributed by atoms with Crippen molar-refractivity contribution in [3.05, 3.63) is 90.0 Å². The van der Waals surface area contributed by atoms with Crippen molar-refractivity contribution < 1.29 is 10.2 Å². The summed E-state index contributed by atoms with van der Waals surface area (Å²) in [5, 5.41) is 20.2. The molecule has 0 unspecified atom stereocenters. The van der Waals surface area contributed by atoms with Crippen molar-refractivity contribution in [1.29, 1.82) is 0 Å². The van der Waals surface area contributed by atoms with Crippen LogP contribution < -0.4 is 4.90 Å². The molecule has 0 radical (unpaired) electrons. The lowest BCUT2D eigenvalue weighted by Crippen LogP contribution is -2.37. The van der Waals surface area contributed by atoms with Gasteiger partial charge >= 0.3 is 0 Å². The Kier molecular flexibility index (Phi) is 4.74. The third kappa shape index (κ3) is 3.00. The predicted octanol–water partition coefficient (Wildman–Crippen LogP) is 3.81. The normalized spacial score (nSPS) is 15.5. The largest absolute Gasteiger partial charge is 0.394 e. The van der Waals surface area contributed by atoms with Crippen LogP contribution >= 0.6 is 0 Å². The van der Waals surface area contributed by atoms with Crippen molar-refractivity contribution in [2.75, 3.05) is 18.1 Å². The molecular weight excluding hydrogens is 322 g/mol. The Hall–Kier alpha value is -2.62. The molecule has 0 saturated heterocycles. The molecule has 0 spiro atoms. The molecule has 2 atom stereocenters. The molecule has 4 rings (SSSR count). The third-order valence-electron chi connectivity index (χ3n) is 5.18. The van der Waals surface area contributed by atoms with Crippen molar-refractivity contribution >= 4 is 5.69 Å². The van der Waals surface area contributed by atoms with E-state index in [1.807, 2.05) is 36.4 Å². The highest BCUT2D eigenvalue weighted by Crippen LogP contribution is 2.41. The maximum Gasteiger partial charge on any atom is 0.101 e. The van der Waals surface area contributed by atoms with Crippen LogP contribution in [0.5, 0.6) is 0 Å². The first-order valence-electron chi connectivity index (χ1n) is 9.07. The molecule has 3 aromatic carbocycles. The molecule has 3 aromatic rings. The van der Waals surface area contributed by atoms with E-state index in [1.165, 1.54) is 16.7 Å². The molecule has 0 aromatic heterocycles. The lowest BCUT2D eigenvalue weighted by atomic mass is 9.97. The van der Waals surface area contributed by atoms with Crippen LogP contribution in [0.1, 0.15) is 17.2 Å². The minimum absolute atomic E-state index is 0.256. The van der Waals surface area contributed by atoms with Gasteiger partial charge in [0.15, 0.2) is 0 Å². The van der Waals surface area contributed by atoms with Gasteiger partial charge in [0.05, 0.1) is 12.6 Å². The standard InChI is InChI=1S/C23H23NO2/c25-16-22(26)23(18-10-5-2-6-11-18)24-15-14-20-19(12-7-13-21(20)24)17-8-3-1-4-9-17/h1-13,22-23,25-26H,14-16H2/t22-,23+/m1/s1. The van der Waals surface area contributed by atoms with Crippen LogP contribution in [0, 0.1) is 0 Å². The van der Waals surface area contributed by atoms with E-state index in [0.717, 1.165) is 24.2 Å². The van der Waals surface area contributed by atoms with E-state index in [0.29, 0.717) is 0 Å². The van der Waals surface area contributed by atoms with Crippen LogP contribution in [-0.2, 0) is 6.42 Å². The highest BCUT2D eigenvalue weighted by molar-refractivity contribution is 5.77. The third-order valence-corrected chi connectivity index (χ3v) is 5.18. The van der Waals surface area contributed by atoms with Crippen LogP contribution in [-0.4, -0.2) is 29.5 Å². The number of hydrogen-bond acceptors (Lipinski definition) is 3. The molecule has 1 heterocycles. The average molecular weight is 345 g/mol. The first-order chi connectivity index (χ1) is 12.8. The fourth-order valence-electron chi connectivity index (χ4n) is 4.00. The van der Waals surface area contributed by atoms with Crippen LogP contribution in [0.4, 0.5) is 5.69 Å². The summed E-state index contributed by atoms with van der Waals surface area (Å²) in [6.45, 7) is 0.569. The van der Waals surface area contributed by atoms with Gasteiger partial charge in [0.25, 0.3) is 0 Å². The van der Waals surface area contributed by atoms with Gasteiger partial charge in [-0.1, -0.05) is 72.8 Å². The van der Waals surface area contributed by atoms with Crippen LogP contribution in [0.3, 0.4) is 0 Å². The lowest BCUT2D eigenvalue weighted by Gasteiger charge is -2.33. The summed E-state index contributed by atoms with van der Waals surface area (Å²) in [5.74, 6) is 0. The zero-order chi connectivity index (χ0) is 17.9. The quantitative estimate of drug-likeness (QED) is 0.739. The molecular formula is C23H23NO2. The van der Waals surface area contributed by atoms with Crippen molar-refractivity contribution in [3.63, 3.8) is 0 Å². The van der Waals surface area contributed by atoms with Crippen LogP contribution in [0.15, 0.2) is 78.9 Å². The number of anilines is 1. The summed E-state index contributed by atoms with van der Waals surface area (Å²) in [7, 11) is 0. The maximum absolute atomic E-state index is 10.6. The number of benzene rings is 3. The maximum atomic E-state index is 10.6. The Labute approximate surface area is 154 Å². The summed E-state index contributed by atoms with van der Waals surface area (Å²) in [4.78, 5) is 2.23. The van der Waals surface area contributed by atoms with Gasteiger partial charge in [-0.05, 0) is 34.7 Å². The van der Waals surface area contributed by atoms with Gasteiger partial charge in [-0.15, -0.1) is 0 Å². The highest BCUT2D eigenvalue weighted by atomic mass is 16.3. The SMILES string of the molecule is OC[C@@H](O)[C@H](c1ccccc1)N1CCc2c(-c3ccccc3)cccc21. The van der Waals surface area contributed by atoms with E-state index < -0.39 is 6.10 Å². The molecule has 0 saturated carbocycles. The van der Waals surface area contributed by atoms with E-state index in [-0.39, 0.29) is 12.6 Å². The molecule has 3 heteroatoms. The Morgan fingerprint density at radius 2 is 1.54 bits per heavy atom. The van der Waals surface area contributed by atoms with Gasteiger partial charge in [-0.3, -0.25) is 0 Å². The van der Waals surface area contributed by atoms with Gasteiger partial charge in [0.1, 0.15) is 6.10 Å². The molecule has 3 nitrogen and oxygen atoms in total. The van der Waals surface area contributed by atoms with Crippen LogP contribution in [0.25, 0.3) is 11.1 Å². The highest BCUT2D eigenvalue weighted by Gasteiger charge is 2.32. The minimum Gasteiger partial charge on any atom is -0.394 e. The van der Waals surface area contributed by atoms with Gasteiger partial charge < -0.3 is 15.1 Å². The topological polar surface area (TPSA) is 43.7 Å². The number of fused-ring (bicyclic) bond motifs is 1. The number of nitrogens with zero attached hydrogens (tertiary/aromatic N) is 1. The summed E-state index contributed by atoms with van der Waals surface area (Å²) in [6.07, 6.45) is 0.103. The predicted molar refractivity (Wildman–Crippen MR) is 105 cm³/mol. The van der Waals surface area contributed by atoms with Crippen molar-refractivity contribution in [2.24, 2.45) is 0 Å². The van der Waals surface area contributed by atoms with E-state index in [4.69, 9.17) is 0 Å². The zero-order valence-electron chi connectivity index (χ0n) is 14.6. The second-order valence-electron chi connectivity index (χ2n) is 6.72. The number of rotatable bonds is 5. The van der Waals surface area contributed by atoms with Gasteiger partial charge in [-0.2, -0.15) is 0 Å². The van der Waals surface area contributed by atoms with Crippen molar-refractivity contribution in [2.45, 2.75) is 18.6 Å². The molecule has 0 aliphatic carbocycles. The first-order valence-corrected chi connectivity index (χ1v) is 9.07. The van der Waals surface area contributed by atoms with E-state index >= 15 is 0 Å². The number of aliphatic hydroxyl groups is 2. The smallest absolute Gasteiger partial charge is 0.101 e. The number of hydrogen-bond donors (Lipinski definition) is 2. The first kappa shape index (κ1) is 16.8. The van der Waals surface area contributed by atoms with Gasteiger partial charge in [0, 0.05) is 12.2 Å². The second-order valence-corrected chi connectivity index (χ2v) is 6.72. The molecule has 132 valence electrons. The van der Waals surface area contributed by atoms with Crippen LogP contribution in [0.2, 0.25) is 0 Å². The summed E-state index contributed by atoms with van der Waals surface area (Å²) >= 11 is 0. The fourth-order valence-corrected chi connectivity index (χ4v) is 4.00. The summed E-state index contributed by atoms with van der Waals surface area (Å²) in [6, 6.07) is 26.5. The van der Waals surface area contributed by atoms with Crippen molar-refractivity contribution in [1.82, 2.24) is 0 Å². The number of aliphatic hydroxyl groups excluding tert-OH is 2. The Bertz CT molecular complexity index is 864. The Morgan fingerprint density at radius 1 is 0.846 bits per heavy atom. The van der Waals surface area contributed by atoms with Gasteiger partial charge in [0.2, 0.25) is 0 Å². The molecule has 1 aliphatic rings. The average Bonchev–Trinajstić information content (AvgIpc) is 3.13. The molecule has 0 bridgehead atoms. The van der Waals surface area contributed by atoms with E-state index in [1.54, 1.807) is 0 Å². The minimum atomic E-state index is -0.830. The molecule has 0 fully saturated rings. The summed E-state index contributed by atoms with van der Waals surface area (Å²) < 4.78 is 0. The lowest BCUT2D eigenvalue weighted by molar-refractivity contribution is 0.0717. The Balaban J connectivity index is 1.77. The van der Waals surface area contributed by atoms with Crippen molar-refractivity contribution in [3.8, 4) is 11.1 Å². The van der Waals surface area contributed by atoms with E-state index in [2.05, 4.69) is 47.4 Å². The zero-order valence-corrected chi connectivity index (χ0v) is 14.6. The van der Waals surface area contributed by atoms with Gasteiger partial charge in [-0.25, -0.2) is 0 Å².